The number of aromatic nitrogens is 1. The maximum atomic E-state index is 12.9. The lowest BCUT2D eigenvalue weighted by molar-refractivity contribution is 0.0127. The minimum atomic E-state index is -2.91. The van der Waals surface area contributed by atoms with E-state index in [1.54, 1.807) is 0 Å². The van der Waals surface area contributed by atoms with Gasteiger partial charge in [-0.25, -0.2) is 0 Å². The maximum absolute atomic E-state index is 12.9. The molecule has 14 heavy (non-hydrogen) atoms. The fourth-order valence-electron chi connectivity index (χ4n) is 1.14. The Morgan fingerprint density at radius 2 is 2.00 bits per heavy atom. The van der Waals surface area contributed by atoms with Crippen molar-refractivity contribution in [3.8, 4) is 0 Å². The third kappa shape index (κ3) is 2.41. The number of halogens is 3. The molecule has 0 saturated carbocycles. The zero-order valence-electron chi connectivity index (χ0n) is 8.31. The van der Waals surface area contributed by atoms with Gasteiger partial charge in [-0.3, -0.25) is 4.98 Å². The van der Waals surface area contributed by atoms with E-state index >= 15 is 0 Å². The summed E-state index contributed by atoms with van der Waals surface area (Å²) in [5.41, 5.74) is 0.476. The first-order valence-corrected chi connectivity index (χ1v) is 4.74. The van der Waals surface area contributed by atoms with Crippen LogP contribution in [0.4, 0.5) is 8.78 Å². The van der Waals surface area contributed by atoms with E-state index in [1.807, 2.05) is 13.8 Å². The average molecular weight is 220 g/mol. The Morgan fingerprint density at radius 3 is 2.43 bits per heavy atom. The standard InChI is InChI=1S/C10H12ClF2N/c1-6(2)7-4-9(10(3,12)13)14-5-8(7)11/h4-6H,1-3H3. The molecule has 1 rings (SSSR count). The van der Waals surface area contributed by atoms with Gasteiger partial charge in [-0.15, -0.1) is 0 Å². The summed E-state index contributed by atoms with van der Waals surface area (Å²) >= 11 is 5.83. The van der Waals surface area contributed by atoms with Crippen LogP contribution in [0.15, 0.2) is 12.3 Å². The summed E-state index contributed by atoms with van der Waals surface area (Å²) in [4.78, 5) is 3.61. The zero-order valence-corrected chi connectivity index (χ0v) is 9.07. The molecule has 78 valence electrons. The van der Waals surface area contributed by atoms with Crippen LogP contribution in [0.3, 0.4) is 0 Å². The van der Waals surface area contributed by atoms with Crippen LogP contribution in [-0.2, 0) is 5.92 Å². The van der Waals surface area contributed by atoms with Crippen molar-refractivity contribution in [2.75, 3.05) is 0 Å². The van der Waals surface area contributed by atoms with Gasteiger partial charge in [-0.05, 0) is 17.5 Å². The lowest BCUT2D eigenvalue weighted by atomic mass is 10.0. The third-order valence-electron chi connectivity index (χ3n) is 1.96. The van der Waals surface area contributed by atoms with Crippen molar-refractivity contribution >= 4 is 11.6 Å². The summed E-state index contributed by atoms with van der Waals surface area (Å²) in [5, 5.41) is 0.438. The molecule has 0 fully saturated rings. The predicted molar refractivity (Wildman–Crippen MR) is 52.9 cm³/mol. The molecule has 0 aliphatic rings. The molecule has 0 aromatic carbocycles. The number of pyridine rings is 1. The van der Waals surface area contributed by atoms with Crippen molar-refractivity contribution in [1.82, 2.24) is 4.98 Å². The summed E-state index contributed by atoms with van der Waals surface area (Å²) in [5.74, 6) is -2.79. The van der Waals surface area contributed by atoms with Gasteiger partial charge in [-0.1, -0.05) is 25.4 Å². The second-order valence-corrected chi connectivity index (χ2v) is 4.04. The molecule has 0 amide bonds. The molecule has 0 aliphatic carbocycles. The van der Waals surface area contributed by atoms with E-state index in [2.05, 4.69) is 4.98 Å². The van der Waals surface area contributed by atoms with Crippen LogP contribution in [-0.4, -0.2) is 4.98 Å². The van der Waals surface area contributed by atoms with Crippen molar-refractivity contribution in [2.45, 2.75) is 32.6 Å². The van der Waals surface area contributed by atoms with Gasteiger partial charge in [0.2, 0.25) is 0 Å². The fourth-order valence-corrected chi connectivity index (χ4v) is 1.46. The normalized spacial score (nSPS) is 12.2. The van der Waals surface area contributed by atoms with Gasteiger partial charge in [0, 0.05) is 13.1 Å². The van der Waals surface area contributed by atoms with E-state index < -0.39 is 5.92 Å². The lowest BCUT2D eigenvalue weighted by Crippen LogP contribution is -2.10. The highest BCUT2D eigenvalue weighted by Gasteiger charge is 2.27. The summed E-state index contributed by atoms with van der Waals surface area (Å²) in [7, 11) is 0. The molecule has 0 bridgehead atoms. The summed E-state index contributed by atoms with van der Waals surface area (Å²) < 4.78 is 25.8. The Bertz CT molecular complexity index is 331. The molecule has 0 atom stereocenters. The van der Waals surface area contributed by atoms with E-state index in [0.29, 0.717) is 10.6 Å². The summed E-state index contributed by atoms with van der Waals surface area (Å²) in [6.07, 6.45) is 1.28. The number of hydrogen-bond donors (Lipinski definition) is 0. The minimum Gasteiger partial charge on any atom is -0.253 e. The molecule has 0 unspecified atom stereocenters. The van der Waals surface area contributed by atoms with Crippen LogP contribution in [0.5, 0.6) is 0 Å². The van der Waals surface area contributed by atoms with Gasteiger partial charge in [0.05, 0.1) is 5.02 Å². The number of nitrogens with zero attached hydrogens (tertiary/aromatic N) is 1. The largest absolute Gasteiger partial charge is 0.286 e. The SMILES string of the molecule is CC(C)c1cc(C(C)(F)F)ncc1Cl. The molecule has 4 heteroatoms. The van der Waals surface area contributed by atoms with Gasteiger partial charge >= 0.3 is 0 Å². The van der Waals surface area contributed by atoms with Gasteiger partial charge in [0.25, 0.3) is 5.92 Å². The molecule has 0 aliphatic heterocycles. The average Bonchev–Trinajstić information content (AvgIpc) is 2.02. The third-order valence-corrected chi connectivity index (χ3v) is 2.27. The van der Waals surface area contributed by atoms with E-state index in [4.69, 9.17) is 11.6 Å². The molecule has 1 nitrogen and oxygen atoms in total. The van der Waals surface area contributed by atoms with Gasteiger partial charge in [0.1, 0.15) is 5.69 Å². The van der Waals surface area contributed by atoms with E-state index in [-0.39, 0.29) is 11.6 Å². The van der Waals surface area contributed by atoms with Crippen LogP contribution in [0.2, 0.25) is 5.02 Å². The smallest absolute Gasteiger partial charge is 0.253 e. The monoisotopic (exact) mass is 219 g/mol. The van der Waals surface area contributed by atoms with Crippen molar-refractivity contribution in [1.29, 1.82) is 0 Å². The molecule has 1 aromatic heterocycles. The molecule has 0 spiro atoms. The van der Waals surface area contributed by atoms with Crippen LogP contribution in [0.1, 0.15) is 37.9 Å². The highest BCUT2D eigenvalue weighted by molar-refractivity contribution is 6.31. The fraction of sp³-hybridized carbons (Fsp3) is 0.500. The van der Waals surface area contributed by atoms with Gasteiger partial charge in [-0.2, -0.15) is 8.78 Å². The number of rotatable bonds is 2. The second-order valence-electron chi connectivity index (χ2n) is 3.63. The Balaban J connectivity index is 3.20. The first-order chi connectivity index (χ1) is 6.32. The van der Waals surface area contributed by atoms with Crippen molar-refractivity contribution in [2.24, 2.45) is 0 Å². The Morgan fingerprint density at radius 1 is 1.43 bits per heavy atom. The van der Waals surface area contributed by atoms with Crippen LogP contribution in [0.25, 0.3) is 0 Å². The van der Waals surface area contributed by atoms with Gasteiger partial charge in [0.15, 0.2) is 0 Å². The molecular formula is C10H12ClF2N. The topological polar surface area (TPSA) is 12.9 Å². The van der Waals surface area contributed by atoms with Crippen LogP contribution in [0, 0.1) is 0 Å². The summed E-state index contributed by atoms with van der Waals surface area (Å²) in [6.45, 7) is 4.63. The van der Waals surface area contributed by atoms with E-state index in [9.17, 15) is 8.78 Å². The van der Waals surface area contributed by atoms with Crippen molar-refractivity contribution in [3.05, 3.63) is 28.5 Å². The Kier molecular flexibility index (Phi) is 3.10. The maximum Gasteiger partial charge on any atom is 0.286 e. The van der Waals surface area contributed by atoms with E-state index in [1.165, 1.54) is 12.3 Å². The second kappa shape index (κ2) is 3.81. The molecule has 0 N–H and O–H groups in total. The molecular weight excluding hydrogens is 208 g/mol. The quantitative estimate of drug-likeness (QED) is 0.734. The van der Waals surface area contributed by atoms with Gasteiger partial charge < -0.3 is 0 Å². The predicted octanol–water partition coefficient (Wildman–Crippen LogP) is 3.97. The molecule has 0 radical (unpaired) electrons. The lowest BCUT2D eigenvalue weighted by Gasteiger charge is -2.13. The molecule has 1 aromatic rings. The zero-order chi connectivity index (χ0) is 10.9. The molecule has 0 saturated heterocycles. The first-order valence-electron chi connectivity index (χ1n) is 4.36. The minimum absolute atomic E-state index is 0.117. The number of alkyl halides is 2. The highest BCUT2D eigenvalue weighted by atomic mass is 35.5. The van der Waals surface area contributed by atoms with Crippen LogP contribution < -0.4 is 0 Å². The van der Waals surface area contributed by atoms with Crippen molar-refractivity contribution < 1.29 is 8.78 Å². The van der Waals surface area contributed by atoms with Crippen molar-refractivity contribution in [3.63, 3.8) is 0 Å². The first kappa shape index (κ1) is 11.4. The Hall–Kier alpha value is -0.700. The van der Waals surface area contributed by atoms with E-state index in [0.717, 1.165) is 6.92 Å². The number of hydrogen-bond acceptors (Lipinski definition) is 1. The molecule has 1 heterocycles. The summed E-state index contributed by atoms with van der Waals surface area (Å²) in [6, 6.07) is 1.37. The Labute approximate surface area is 87.1 Å². The highest BCUT2D eigenvalue weighted by Crippen LogP contribution is 2.30. The van der Waals surface area contributed by atoms with Crippen LogP contribution >= 0.6 is 11.6 Å².